The molecule has 0 aromatic heterocycles. The van der Waals surface area contributed by atoms with E-state index in [1.54, 1.807) is 0 Å². The zero-order valence-electron chi connectivity index (χ0n) is 15.5. The quantitative estimate of drug-likeness (QED) is 0.854. The second kappa shape index (κ2) is 8.86. The molecule has 0 saturated carbocycles. The summed E-state index contributed by atoms with van der Waals surface area (Å²) in [6.07, 6.45) is 2.38. The molecule has 4 nitrogen and oxygen atoms in total. The maximum Gasteiger partial charge on any atom is 0.407 e. The second-order valence-corrected chi connectivity index (χ2v) is 7.05. The van der Waals surface area contributed by atoms with Gasteiger partial charge in [-0.15, -0.1) is 0 Å². The van der Waals surface area contributed by atoms with E-state index < -0.39 is 0 Å². The first-order valence-electron chi connectivity index (χ1n) is 9.44. The van der Waals surface area contributed by atoms with Crippen LogP contribution < -0.4 is 5.32 Å². The Morgan fingerprint density at radius 2 is 1.58 bits per heavy atom. The fraction of sp³-hybridized carbons (Fsp3) is 0.409. The number of carbonyl (C=O) groups is 1. The van der Waals surface area contributed by atoms with E-state index in [0.29, 0.717) is 6.61 Å². The molecule has 1 heterocycles. The maximum absolute atomic E-state index is 12.1. The summed E-state index contributed by atoms with van der Waals surface area (Å²) in [6, 6.07) is 20.9. The van der Waals surface area contributed by atoms with Gasteiger partial charge in [0.2, 0.25) is 0 Å². The molecule has 0 aliphatic carbocycles. The van der Waals surface area contributed by atoms with Crippen molar-refractivity contribution >= 4 is 6.09 Å². The first kappa shape index (κ1) is 18.5. The molecule has 2 aromatic carbocycles. The van der Waals surface area contributed by atoms with Crippen LogP contribution in [0, 0.1) is 0 Å². The number of alkyl carbamates (subject to hydrolysis) is 1. The van der Waals surface area contributed by atoms with Crippen molar-refractivity contribution in [2.24, 2.45) is 0 Å². The van der Waals surface area contributed by atoms with Crippen LogP contribution in [0.4, 0.5) is 4.79 Å². The highest BCUT2D eigenvalue weighted by Crippen LogP contribution is 2.28. The van der Waals surface area contributed by atoms with Gasteiger partial charge in [0, 0.05) is 25.2 Å². The summed E-state index contributed by atoms with van der Waals surface area (Å²) in [5.74, 6) is 0. The molecular formula is C22H28N2O2. The molecule has 1 amide bonds. The standard InChI is InChI=1S/C22H28N2O2/c1-2-26-21(25)23-22(17-19-9-5-3-6-10-19)13-15-24(16-14-22)18-20-11-7-4-8-12-20/h3-12H,2,13-18H2,1H3,(H,23,25). The van der Waals surface area contributed by atoms with Crippen LogP contribution in [0.15, 0.2) is 60.7 Å². The number of likely N-dealkylation sites (tertiary alicyclic amines) is 1. The lowest BCUT2D eigenvalue weighted by Crippen LogP contribution is -2.56. The molecule has 0 spiro atoms. The van der Waals surface area contributed by atoms with E-state index in [2.05, 4.69) is 58.7 Å². The number of carbonyl (C=O) groups excluding carboxylic acids is 1. The highest BCUT2D eigenvalue weighted by Gasteiger charge is 2.36. The van der Waals surface area contributed by atoms with Gasteiger partial charge in [-0.2, -0.15) is 0 Å². The number of ether oxygens (including phenoxy) is 1. The molecule has 26 heavy (non-hydrogen) atoms. The van der Waals surface area contributed by atoms with Crippen molar-refractivity contribution in [3.05, 3.63) is 71.8 Å². The molecule has 1 saturated heterocycles. The third-order valence-electron chi connectivity index (χ3n) is 5.09. The lowest BCUT2D eigenvalue weighted by atomic mass is 9.81. The van der Waals surface area contributed by atoms with Crippen LogP contribution in [-0.2, 0) is 17.7 Å². The van der Waals surface area contributed by atoms with E-state index in [1.807, 2.05) is 19.1 Å². The van der Waals surface area contributed by atoms with Crippen molar-refractivity contribution in [2.45, 2.75) is 38.3 Å². The minimum Gasteiger partial charge on any atom is -0.450 e. The van der Waals surface area contributed by atoms with Crippen LogP contribution >= 0.6 is 0 Å². The average Bonchev–Trinajstić information content (AvgIpc) is 2.66. The molecule has 0 radical (unpaired) electrons. The Morgan fingerprint density at radius 3 is 2.15 bits per heavy atom. The van der Waals surface area contributed by atoms with Crippen molar-refractivity contribution in [1.29, 1.82) is 0 Å². The lowest BCUT2D eigenvalue weighted by molar-refractivity contribution is 0.102. The number of nitrogens with zero attached hydrogens (tertiary/aromatic N) is 1. The van der Waals surface area contributed by atoms with Gasteiger partial charge in [-0.05, 0) is 37.3 Å². The molecule has 3 rings (SSSR count). The average molecular weight is 352 g/mol. The van der Waals surface area contributed by atoms with E-state index in [9.17, 15) is 4.79 Å². The molecule has 0 atom stereocenters. The Bertz CT molecular complexity index is 680. The van der Waals surface area contributed by atoms with Gasteiger partial charge in [0.25, 0.3) is 0 Å². The third-order valence-corrected chi connectivity index (χ3v) is 5.09. The number of piperidine rings is 1. The number of amides is 1. The lowest BCUT2D eigenvalue weighted by Gasteiger charge is -2.42. The Hall–Kier alpha value is -2.33. The van der Waals surface area contributed by atoms with Gasteiger partial charge in [-0.3, -0.25) is 4.90 Å². The number of rotatable bonds is 6. The van der Waals surface area contributed by atoms with Crippen molar-refractivity contribution in [3.63, 3.8) is 0 Å². The smallest absolute Gasteiger partial charge is 0.407 e. The van der Waals surface area contributed by atoms with Crippen LogP contribution in [0.3, 0.4) is 0 Å². The number of nitrogens with one attached hydrogen (secondary N) is 1. The monoisotopic (exact) mass is 352 g/mol. The van der Waals surface area contributed by atoms with Crippen LogP contribution in [0.25, 0.3) is 0 Å². The predicted octanol–water partition coefficient (Wildman–Crippen LogP) is 4.01. The normalized spacial score (nSPS) is 16.8. The van der Waals surface area contributed by atoms with Crippen LogP contribution in [0.1, 0.15) is 30.9 Å². The van der Waals surface area contributed by atoms with Gasteiger partial charge in [-0.1, -0.05) is 60.7 Å². The van der Waals surface area contributed by atoms with Gasteiger partial charge < -0.3 is 10.1 Å². The highest BCUT2D eigenvalue weighted by molar-refractivity contribution is 5.68. The largest absolute Gasteiger partial charge is 0.450 e. The second-order valence-electron chi connectivity index (χ2n) is 7.05. The van der Waals surface area contributed by atoms with Crippen molar-refractivity contribution < 1.29 is 9.53 Å². The fourth-order valence-electron chi connectivity index (χ4n) is 3.70. The summed E-state index contributed by atoms with van der Waals surface area (Å²) in [7, 11) is 0. The molecule has 0 bridgehead atoms. The fourth-order valence-corrected chi connectivity index (χ4v) is 3.70. The van der Waals surface area contributed by atoms with Crippen molar-refractivity contribution in [1.82, 2.24) is 10.2 Å². The summed E-state index contributed by atoms with van der Waals surface area (Å²) in [5.41, 5.74) is 2.35. The Labute approximate surface area is 156 Å². The molecule has 1 fully saturated rings. The Morgan fingerprint density at radius 1 is 1.00 bits per heavy atom. The minimum atomic E-state index is -0.306. The van der Waals surface area contributed by atoms with Crippen LogP contribution in [0.5, 0.6) is 0 Å². The van der Waals surface area contributed by atoms with Gasteiger partial charge in [0.15, 0.2) is 0 Å². The number of hydrogen-bond acceptors (Lipinski definition) is 3. The van der Waals surface area contributed by atoms with Gasteiger partial charge in [-0.25, -0.2) is 4.79 Å². The van der Waals surface area contributed by atoms with Crippen LogP contribution in [-0.4, -0.2) is 36.2 Å². The van der Waals surface area contributed by atoms with Crippen molar-refractivity contribution in [2.75, 3.05) is 19.7 Å². The first-order valence-corrected chi connectivity index (χ1v) is 9.44. The minimum absolute atomic E-state index is 0.235. The number of hydrogen-bond donors (Lipinski definition) is 1. The topological polar surface area (TPSA) is 41.6 Å². The maximum atomic E-state index is 12.1. The van der Waals surface area contributed by atoms with E-state index in [1.165, 1.54) is 11.1 Å². The molecule has 4 heteroatoms. The van der Waals surface area contributed by atoms with Gasteiger partial charge >= 0.3 is 6.09 Å². The van der Waals surface area contributed by atoms with Crippen molar-refractivity contribution in [3.8, 4) is 0 Å². The van der Waals surface area contributed by atoms with E-state index in [4.69, 9.17) is 4.74 Å². The van der Waals surface area contributed by atoms with E-state index >= 15 is 0 Å². The van der Waals surface area contributed by atoms with E-state index in [-0.39, 0.29) is 11.6 Å². The van der Waals surface area contributed by atoms with Gasteiger partial charge in [0.1, 0.15) is 0 Å². The summed E-state index contributed by atoms with van der Waals surface area (Å²) in [5, 5.41) is 3.18. The Balaban J connectivity index is 1.66. The summed E-state index contributed by atoms with van der Waals surface area (Å²) < 4.78 is 5.17. The Kier molecular flexibility index (Phi) is 6.29. The first-order chi connectivity index (χ1) is 12.7. The zero-order valence-corrected chi connectivity index (χ0v) is 15.5. The van der Waals surface area contributed by atoms with Gasteiger partial charge in [0.05, 0.1) is 6.61 Å². The van der Waals surface area contributed by atoms with E-state index in [0.717, 1.165) is 38.9 Å². The predicted molar refractivity (Wildman–Crippen MR) is 104 cm³/mol. The molecule has 138 valence electrons. The number of benzene rings is 2. The third kappa shape index (κ3) is 5.09. The summed E-state index contributed by atoms with van der Waals surface area (Å²) >= 11 is 0. The summed E-state index contributed by atoms with van der Waals surface area (Å²) in [6.45, 7) is 5.13. The molecule has 1 aliphatic rings. The molecular weight excluding hydrogens is 324 g/mol. The summed E-state index contributed by atoms with van der Waals surface area (Å²) in [4.78, 5) is 14.6. The highest BCUT2D eigenvalue weighted by atomic mass is 16.5. The zero-order chi connectivity index (χ0) is 18.2. The molecule has 1 N–H and O–H groups in total. The SMILES string of the molecule is CCOC(=O)NC1(Cc2ccccc2)CCN(Cc2ccccc2)CC1. The molecule has 0 unspecified atom stereocenters. The molecule has 2 aromatic rings. The van der Waals surface area contributed by atoms with Crippen LogP contribution in [0.2, 0.25) is 0 Å². The molecule has 1 aliphatic heterocycles.